The summed E-state index contributed by atoms with van der Waals surface area (Å²) >= 11 is 0. The average Bonchev–Trinajstić information content (AvgIpc) is 2.74. The molecule has 0 saturated carbocycles. The Bertz CT molecular complexity index is 1120. The summed E-state index contributed by atoms with van der Waals surface area (Å²) in [6.45, 7) is 7.33. The zero-order valence-electron chi connectivity index (χ0n) is 16.7. The summed E-state index contributed by atoms with van der Waals surface area (Å²) in [5.41, 5.74) is 10.7. The van der Waals surface area contributed by atoms with Gasteiger partial charge in [-0.1, -0.05) is 35.4 Å². The number of aromatic nitrogens is 1. The van der Waals surface area contributed by atoms with Crippen LogP contribution in [0.15, 0.2) is 63.6 Å². The highest BCUT2D eigenvalue weighted by Crippen LogP contribution is 2.38. The van der Waals surface area contributed by atoms with E-state index < -0.39 is 0 Å². The highest BCUT2D eigenvalue weighted by Gasteiger charge is 2.19. The molecule has 8 nitrogen and oxygen atoms in total. The number of hydrogen-bond acceptors (Lipinski definition) is 8. The van der Waals surface area contributed by atoms with Crippen molar-refractivity contribution in [1.82, 2.24) is 4.98 Å². The normalized spacial score (nSPS) is 10.4. The molecule has 0 fully saturated rings. The summed E-state index contributed by atoms with van der Waals surface area (Å²) in [5, 5.41) is 23.9. The summed E-state index contributed by atoms with van der Waals surface area (Å²) in [5.74, 6) is 0.671. The third kappa shape index (κ3) is 4.80. The molecule has 1 radical (unpaired) electrons. The Morgan fingerprint density at radius 2 is 1.50 bits per heavy atom. The average molecular weight is 395 g/mol. The summed E-state index contributed by atoms with van der Waals surface area (Å²) in [6, 6.07) is 17.6. The van der Waals surface area contributed by atoms with Gasteiger partial charge in [-0.25, -0.2) is 10.0 Å². The van der Waals surface area contributed by atoms with Gasteiger partial charge in [-0.05, 0) is 44.8 Å². The molecular weight excluding hydrogens is 375 g/mol. The van der Waals surface area contributed by atoms with Crippen LogP contribution in [0.5, 0.6) is 0 Å². The van der Waals surface area contributed by atoms with E-state index >= 15 is 0 Å². The molecule has 3 aromatic rings. The molecule has 0 aliphatic heterocycles. The van der Waals surface area contributed by atoms with Crippen molar-refractivity contribution in [1.29, 1.82) is 5.26 Å². The molecule has 0 atom stereocenters. The zero-order valence-corrected chi connectivity index (χ0v) is 16.7. The van der Waals surface area contributed by atoms with E-state index in [0.29, 0.717) is 11.6 Å². The summed E-state index contributed by atoms with van der Waals surface area (Å²) in [6.07, 6.45) is 0. The molecule has 3 rings (SSSR count). The highest BCUT2D eigenvalue weighted by molar-refractivity contribution is 6.31. The van der Waals surface area contributed by atoms with Gasteiger partial charge in [-0.2, -0.15) is 10.4 Å². The smallest absolute Gasteiger partial charge is 0.396 e. The number of rotatable bonds is 7. The first-order chi connectivity index (χ1) is 14.5. The summed E-state index contributed by atoms with van der Waals surface area (Å²) in [4.78, 5) is 8.11. The molecule has 30 heavy (non-hydrogen) atoms. The molecule has 1 heterocycles. The van der Waals surface area contributed by atoms with E-state index in [1.165, 1.54) is 7.55 Å². The van der Waals surface area contributed by atoms with Gasteiger partial charge in [-0.15, -0.1) is 0 Å². The fourth-order valence-corrected chi connectivity index (χ4v) is 2.65. The molecule has 0 aliphatic carbocycles. The molecule has 0 saturated heterocycles. The molecule has 1 aromatic heterocycles. The van der Waals surface area contributed by atoms with Crippen LogP contribution in [0.2, 0.25) is 0 Å². The SMILES string of the molecule is C=N[B]N=Nc1c(Nc2ccc(C)cc2)nc(Nc2ccc(C)cc2)c(C#N)c1N. The molecule has 4 N–H and O–H groups in total. The fourth-order valence-electron chi connectivity index (χ4n) is 2.65. The molecule has 0 aliphatic rings. The summed E-state index contributed by atoms with van der Waals surface area (Å²) in [7, 11) is 1.18. The van der Waals surface area contributed by atoms with E-state index in [-0.39, 0.29) is 16.9 Å². The van der Waals surface area contributed by atoms with E-state index in [1.54, 1.807) is 0 Å². The van der Waals surface area contributed by atoms with Crippen molar-refractivity contribution in [3.8, 4) is 6.07 Å². The number of pyridine rings is 1. The number of nitriles is 1. The van der Waals surface area contributed by atoms with Gasteiger partial charge in [-0.3, -0.25) is 0 Å². The molecule has 0 bridgehead atoms. The predicted molar refractivity (Wildman–Crippen MR) is 122 cm³/mol. The summed E-state index contributed by atoms with van der Waals surface area (Å²) < 4.78 is 0. The molecule has 9 heteroatoms. The van der Waals surface area contributed by atoms with Crippen molar-refractivity contribution in [2.24, 2.45) is 15.0 Å². The first kappa shape index (κ1) is 20.5. The van der Waals surface area contributed by atoms with E-state index in [1.807, 2.05) is 62.4 Å². The minimum atomic E-state index is 0.151. The van der Waals surface area contributed by atoms with Crippen molar-refractivity contribution in [3.63, 3.8) is 0 Å². The van der Waals surface area contributed by atoms with Crippen molar-refractivity contribution in [3.05, 3.63) is 65.2 Å². The molecule has 0 spiro atoms. The van der Waals surface area contributed by atoms with Gasteiger partial charge in [0.2, 0.25) is 0 Å². The highest BCUT2D eigenvalue weighted by atomic mass is 15.2. The van der Waals surface area contributed by atoms with Gasteiger partial charge < -0.3 is 21.3 Å². The van der Waals surface area contributed by atoms with Gasteiger partial charge in [0.05, 0.1) is 5.69 Å². The van der Waals surface area contributed by atoms with E-state index in [0.717, 1.165) is 22.5 Å². The minimum Gasteiger partial charge on any atom is -0.396 e. The van der Waals surface area contributed by atoms with Gasteiger partial charge in [0.25, 0.3) is 0 Å². The van der Waals surface area contributed by atoms with Crippen molar-refractivity contribution >= 4 is 48.7 Å². The zero-order chi connectivity index (χ0) is 21.5. The Labute approximate surface area is 175 Å². The number of nitrogens with two attached hydrogens (primary N) is 1. The number of nitrogens with one attached hydrogen (secondary N) is 2. The number of aryl methyl sites for hydroxylation is 2. The Hall–Kier alpha value is -4.19. The molecule has 2 aromatic carbocycles. The lowest BCUT2D eigenvalue weighted by Crippen LogP contribution is -2.05. The second-order valence-electron chi connectivity index (χ2n) is 6.55. The second kappa shape index (κ2) is 9.34. The number of nitrogen functional groups attached to an aromatic ring is 1. The number of nitrogens with zero attached hydrogens (tertiary/aromatic N) is 5. The molecule has 147 valence electrons. The lowest BCUT2D eigenvalue weighted by molar-refractivity contribution is 1.22. The Morgan fingerprint density at radius 3 is 2.00 bits per heavy atom. The predicted octanol–water partition coefficient (Wildman–Crippen LogP) is 4.96. The third-order valence-electron chi connectivity index (χ3n) is 4.24. The topological polar surface area (TPSA) is 124 Å². The van der Waals surface area contributed by atoms with Gasteiger partial charge >= 0.3 is 7.55 Å². The van der Waals surface area contributed by atoms with E-state index in [4.69, 9.17) is 5.73 Å². The van der Waals surface area contributed by atoms with E-state index in [9.17, 15) is 5.26 Å². The van der Waals surface area contributed by atoms with Crippen LogP contribution in [0.25, 0.3) is 0 Å². The van der Waals surface area contributed by atoms with Gasteiger partial charge in [0, 0.05) is 11.4 Å². The molecule has 0 unspecified atom stereocenters. The fraction of sp³-hybridized carbons (Fsp3) is 0.0952. The quantitative estimate of drug-likeness (QED) is 0.296. The second-order valence-corrected chi connectivity index (χ2v) is 6.55. The Balaban J connectivity index is 2.09. The van der Waals surface area contributed by atoms with Gasteiger partial charge in [0.1, 0.15) is 11.6 Å². The lowest BCUT2D eigenvalue weighted by atomic mass is 10.1. The largest absolute Gasteiger partial charge is 0.459 e. The maximum Gasteiger partial charge on any atom is 0.459 e. The van der Waals surface area contributed by atoms with Crippen LogP contribution in [0.4, 0.5) is 34.4 Å². The number of anilines is 5. The van der Waals surface area contributed by atoms with Crippen LogP contribution in [0.1, 0.15) is 16.7 Å². The number of benzene rings is 2. The molecule has 0 amide bonds. The van der Waals surface area contributed by atoms with Crippen LogP contribution >= 0.6 is 0 Å². The lowest BCUT2D eigenvalue weighted by Gasteiger charge is -2.15. The van der Waals surface area contributed by atoms with Crippen LogP contribution in [-0.2, 0) is 0 Å². The number of hydrogen-bond donors (Lipinski definition) is 3. The maximum absolute atomic E-state index is 9.69. The first-order valence-electron chi connectivity index (χ1n) is 9.11. The van der Waals surface area contributed by atoms with Gasteiger partial charge in [0.15, 0.2) is 17.3 Å². The Kier molecular flexibility index (Phi) is 6.40. The standard InChI is InChI=1S/C21H20BN8/c1-13-4-8-15(9-5-13)26-20-17(12-23)18(24)19(29-30-22-25-3)21(28-20)27-16-10-6-14(2)7-11-16/h4-11H,3H2,1-2H3,(H4,24,26,27,28). The van der Waals surface area contributed by atoms with Crippen LogP contribution in [0, 0.1) is 25.2 Å². The van der Waals surface area contributed by atoms with Crippen LogP contribution in [-0.4, -0.2) is 19.3 Å². The molecular formula is C21H20BN8. The monoisotopic (exact) mass is 395 g/mol. The first-order valence-corrected chi connectivity index (χ1v) is 9.11. The minimum absolute atomic E-state index is 0.151. The van der Waals surface area contributed by atoms with Crippen molar-refractivity contribution < 1.29 is 0 Å². The maximum atomic E-state index is 9.69. The van der Waals surface area contributed by atoms with Crippen LogP contribution in [0.3, 0.4) is 0 Å². The van der Waals surface area contributed by atoms with E-state index in [2.05, 4.69) is 43.4 Å². The Morgan fingerprint density at radius 1 is 0.967 bits per heavy atom. The third-order valence-corrected chi connectivity index (χ3v) is 4.24. The van der Waals surface area contributed by atoms with Crippen molar-refractivity contribution in [2.75, 3.05) is 16.4 Å². The van der Waals surface area contributed by atoms with Crippen molar-refractivity contribution in [2.45, 2.75) is 13.8 Å². The van der Waals surface area contributed by atoms with Crippen LogP contribution < -0.4 is 16.4 Å².